The van der Waals surface area contributed by atoms with Gasteiger partial charge < -0.3 is 10.4 Å². The van der Waals surface area contributed by atoms with Gasteiger partial charge in [-0.1, -0.05) is 6.92 Å². The van der Waals surface area contributed by atoms with Crippen molar-refractivity contribution in [3.63, 3.8) is 0 Å². The number of hydrogen-bond acceptors (Lipinski definition) is 3. The van der Waals surface area contributed by atoms with E-state index in [0.717, 1.165) is 24.8 Å². The van der Waals surface area contributed by atoms with E-state index in [2.05, 4.69) is 5.32 Å². The topological polar surface area (TPSA) is 49.3 Å². The average Bonchev–Trinajstić information content (AvgIpc) is 2.53. The van der Waals surface area contributed by atoms with Crippen LogP contribution in [-0.2, 0) is 4.79 Å². The summed E-state index contributed by atoms with van der Waals surface area (Å²) in [5, 5.41) is 13.1. The molecule has 2 bridgehead atoms. The first-order chi connectivity index (χ1) is 6.70. The molecule has 0 amide bonds. The highest BCUT2D eigenvalue weighted by Gasteiger charge is 2.33. The summed E-state index contributed by atoms with van der Waals surface area (Å²) < 4.78 is 0. The normalized spacial score (nSPS) is 36.4. The molecule has 14 heavy (non-hydrogen) atoms. The standard InChI is InChI=1S/C11H17NO2/c1-2-11(14)9-6-8(13)5-7-3-4-10(9)12-7/h6-8,10,12-13H,2-5H2,1H3/t7-,8-,10+/m0/s1. The molecule has 2 rings (SSSR count). The van der Waals surface area contributed by atoms with Crippen LogP contribution in [0.25, 0.3) is 0 Å². The molecule has 1 saturated heterocycles. The summed E-state index contributed by atoms with van der Waals surface area (Å²) in [5.41, 5.74) is 0.806. The number of aliphatic hydroxyl groups excluding tert-OH is 1. The zero-order chi connectivity index (χ0) is 10.1. The quantitative estimate of drug-likeness (QED) is 0.684. The Balaban J connectivity index is 2.22. The second kappa shape index (κ2) is 3.83. The average molecular weight is 195 g/mol. The molecule has 3 nitrogen and oxygen atoms in total. The van der Waals surface area contributed by atoms with E-state index in [0.29, 0.717) is 12.5 Å². The summed E-state index contributed by atoms with van der Waals surface area (Å²) in [5.74, 6) is 0.170. The zero-order valence-electron chi connectivity index (χ0n) is 8.49. The van der Waals surface area contributed by atoms with Crippen molar-refractivity contribution in [3.05, 3.63) is 11.6 Å². The molecule has 0 radical (unpaired) electrons. The van der Waals surface area contributed by atoms with Crippen LogP contribution in [0.4, 0.5) is 0 Å². The predicted molar refractivity (Wildman–Crippen MR) is 54.0 cm³/mol. The smallest absolute Gasteiger partial charge is 0.159 e. The number of carbonyl (C=O) groups is 1. The second-order valence-electron chi connectivity index (χ2n) is 4.20. The number of fused-ring (bicyclic) bond motifs is 2. The molecule has 0 aliphatic carbocycles. The molecule has 2 heterocycles. The molecular formula is C11H17NO2. The SMILES string of the molecule is CCC(=O)C1=C[C@@H](O)C[C@@H]2CC[C@H]1N2. The third kappa shape index (κ3) is 1.74. The molecule has 3 heteroatoms. The molecule has 0 unspecified atom stereocenters. The lowest BCUT2D eigenvalue weighted by Gasteiger charge is -2.12. The van der Waals surface area contributed by atoms with Crippen molar-refractivity contribution in [1.29, 1.82) is 0 Å². The van der Waals surface area contributed by atoms with Crippen molar-refractivity contribution < 1.29 is 9.90 Å². The molecule has 3 atom stereocenters. The van der Waals surface area contributed by atoms with Gasteiger partial charge in [-0.05, 0) is 25.3 Å². The van der Waals surface area contributed by atoms with Gasteiger partial charge in [0.25, 0.3) is 0 Å². The summed E-state index contributed by atoms with van der Waals surface area (Å²) >= 11 is 0. The maximum Gasteiger partial charge on any atom is 0.159 e. The lowest BCUT2D eigenvalue weighted by Crippen LogP contribution is -2.31. The predicted octanol–water partition coefficient (Wildman–Crippen LogP) is 0.777. The summed E-state index contributed by atoms with van der Waals surface area (Å²) in [6.07, 6.45) is 4.70. The van der Waals surface area contributed by atoms with Crippen LogP contribution in [-0.4, -0.2) is 29.1 Å². The summed E-state index contributed by atoms with van der Waals surface area (Å²) in [6, 6.07) is 0.595. The van der Waals surface area contributed by atoms with Crippen molar-refractivity contribution in [3.8, 4) is 0 Å². The van der Waals surface area contributed by atoms with Gasteiger partial charge in [0.05, 0.1) is 6.10 Å². The van der Waals surface area contributed by atoms with Crippen LogP contribution >= 0.6 is 0 Å². The fourth-order valence-corrected chi connectivity index (χ4v) is 2.42. The van der Waals surface area contributed by atoms with Crippen LogP contribution in [0.15, 0.2) is 11.6 Å². The number of Topliss-reactive ketones (excluding diaryl/α,β-unsaturated/α-hetero) is 1. The van der Waals surface area contributed by atoms with Gasteiger partial charge in [-0.25, -0.2) is 0 Å². The maximum atomic E-state index is 11.6. The van der Waals surface area contributed by atoms with E-state index in [1.54, 1.807) is 6.08 Å². The van der Waals surface area contributed by atoms with Gasteiger partial charge in [0.15, 0.2) is 5.78 Å². The van der Waals surface area contributed by atoms with Crippen LogP contribution in [0.2, 0.25) is 0 Å². The lowest BCUT2D eigenvalue weighted by molar-refractivity contribution is -0.115. The van der Waals surface area contributed by atoms with Gasteiger partial charge in [-0.3, -0.25) is 4.79 Å². The number of ketones is 1. The van der Waals surface area contributed by atoms with Crippen LogP contribution in [0.3, 0.4) is 0 Å². The lowest BCUT2D eigenvalue weighted by atomic mass is 9.95. The van der Waals surface area contributed by atoms with E-state index in [9.17, 15) is 9.90 Å². The summed E-state index contributed by atoms with van der Waals surface area (Å²) in [4.78, 5) is 11.6. The minimum Gasteiger partial charge on any atom is -0.389 e. The van der Waals surface area contributed by atoms with Crippen molar-refractivity contribution >= 4 is 5.78 Å². The Hall–Kier alpha value is -0.670. The highest BCUT2D eigenvalue weighted by atomic mass is 16.3. The van der Waals surface area contributed by atoms with Crippen LogP contribution in [0.5, 0.6) is 0 Å². The van der Waals surface area contributed by atoms with Crippen molar-refractivity contribution in [2.45, 2.75) is 50.8 Å². The molecular weight excluding hydrogens is 178 g/mol. The first-order valence-corrected chi connectivity index (χ1v) is 5.39. The molecule has 2 N–H and O–H groups in total. The Morgan fingerprint density at radius 1 is 1.64 bits per heavy atom. The van der Waals surface area contributed by atoms with Gasteiger partial charge in [0.1, 0.15) is 0 Å². The minimum absolute atomic E-state index is 0.170. The monoisotopic (exact) mass is 195 g/mol. The van der Waals surface area contributed by atoms with Gasteiger partial charge in [-0.2, -0.15) is 0 Å². The Labute approximate surface area is 84.2 Å². The molecule has 0 aromatic rings. The van der Waals surface area contributed by atoms with E-state index in [-0.39, 0.29) is 11.8 Å². The Kier molecular flexibility index (Phi) is 2.70. The third-order valence-electron chi connectivity index (χ3n) is 3.16. The van der Waals surface area contributed by atoms with E-state index in [4.69, 9.17) is 0 Å². The van der Waals surface area contributed by atoms with Crippen molar-refractivity contribution in [1.82, 2.24) is 5.32 Å². The first-order valence-electron chi connectivity index (χ1n) is 5.39. The molecule has 0 spiro atoms. The fraction of sp³-hybridized carbons (Fsp3) is 0.727. The van der Waals surface area contributed by atoms with E-state index in [1.165, 1.54) is 0 Å². The molecule has 0 aromatic carbocycles. The van der Waals surface area contributed by atoms with Crippen molar-refractivity contribution in [2.75, 3.05) is 0 Å². The molecule has 2 aliphatic heterocycles. The molecule has 78 valence electrons. The van der Waals surface area contributed by atoms with Crippen LogP contribution in [0.1, 0.15) is 32.6 Å². The van der Waals surface area contributed by atoms with Gasteiger partial charge in [-0.15, -0.1) is 0 Å². The summed E-state index contributed by atoms with van der Waals surface area (Å²) in [6.45, 7) is 1.87. The highest BCUT2D eigenvalue weighted by molar-refractivity contribution is 5.96. The van der Waals surface area contributed by atoms with Gasteiger partial charge in [0.2, 0.25) is 0 Å². The molecule has 0 saturated carbocycles. The Morgan fingerprint density at radius 2 is 2.43 bits per heavy atom. The number of rotatable bonds is 2. The van der Waals surface area contributed by atoms with E-state index in [1.807, 2.05) is 6.92 Å². The third-order valence-corrected chi connectivity index (χ3v) is 3.16. The first kappa shape index (κ1) is 9.87. The molecule has 0 aromatic heterocycles. The Bertz CT molecular complexity index is 272. The second-order valence-corrected chi connectivity index (χ2v) is 4.20. The fourth-order valence-electron chi connectivity index (χ4n) is 2.42. The molecule has 2 aliphatic rings. The maximum absolute atomic E-state index is 11.6. The van der Waals surface area contributed by atoms with Crippen LogP contribution < -0.4 is 5.32 Å². The summed E-state index contributed by atoms with van der Waals surface area (Å²) in [7, 11) is 0. The van der Waals surface area contributed by atoms with Crippen molar-refractivity contribution in [2.24, 2.45) is 0 Å². The largest absolute Gasteiger partial charge is 0.389 e. The number of aliphatic hydroxyl groups is 1. The Morgan fingerprint density at radius 3 is 3.14 bits per heavy atom. The highest BCUT2D eigenvalue weighted by Crippen LogP contribution is 2.27. The minimum atomic E-state index is -0.441. The van der Waals surface area contributed by atoms with Gasteiger partial charge in [0, 0.05) is 24.1 Å². The number of carbonyl (C=O) groups excluding carboxylic acids is 1. The number of nitrogens with one attached hydrogen (secondary N) is 1. The number of hydrogen-bond donors (Lipinski definition) is 2. The van der Waals surface area contributed by atoms with E-state index >= 15 is 0 Å². The van der Waals surface area contributed by atoms with Gasteiger partial charge >= 0.3 is 0 Å². The zero-order valence-corrected chi connectivity index (χ0v) is 8.49. The molecule has 1 fully saturated rings. The van der Waals surface area contributed by atoms with Crippen LogP contribution in [0, 0.1) is 0 Å². The van der Waals surface area contributed by atoms with E-state index < -0.39 is 6.10 Å².